The zero-order valence-electron chi connectivity index (χ0n) is 47.2. The van der Waals surface area contributed by atoms with E-state index in [0.717, 1.165) is 27.8 Å². The number of halogens is 1. The molecule has 13 nitrogen and oxygen atoms in total. The number of phenolic OH excluding ortho intramolecular Hbond substituents is 1. The molecule has 0 fully saturated rings. The number of carbonyl (C=O) groups excluding carboxylic acids is 2. The van der Waals surface area contributed by atoms with E-state index in [1.165, 1.54) is 42.4 Å². The van der Waals surface area contributed by atoms with Gasteiger partial charge < -0.3 is 40.1 Å². The first-order valence-electron chi connectivity index (χ1n) is 24.7. The van der Waals surface area contributed by atoms with Crippen molar-refractivity contribution in [2.75, 3.05) is 6.61 Å². The van der Waals surface area contributed by atoms with Gasteiger partial charge in [-0.2, -0.15) is 0 Å². The number of rotatable bonds is 14. The molecule has 0 saturated carbocycles. The first-order valence-corrected chi connectivity index (χ1v) is 25.9. The zero-order valence-corrected chi connectivity index (χ0v) is 60.3. The van der Waals surface area contributed by atoms with E-state index in [1.807, 2.05) is 24.3 Å². The van der Waals surface area contributed by atoms with Crippen LogP contribution in [0.5, 0.6) is 11.5 Å². The minimum Gasteiger partial charge on any atom is -1.00 e. The van der Waals surface area contributed by atoms with Gasteiger partial charge in [0.15, 0.2) is 0 Å². The van der Waals surface area contributed by atoms with Crippen LogP contribution in [0.15, 0.2) is 106 Å². The summed E-state index contributed by atoms with van der Waals surface area (Å²) in [6, 6.07) is 27.9. The predicted octanol–water partition coefficient (Wildman–Crippen LogP) is 6.78. The molecule has 0 spiro atoms. The molecule has 2 unspecified atom stereocenters. The Kier molecular flexibility index (Phi) is 27.2. The van der Waals surface area contributed by atoms with Crippen LogP contribution in [0.1, 0.15) is 182 Å². The van der Waals surface area contributed by atoms with Crippen LogP contribution in [-0.4, -0.2) is 45.2 Å². The molecule has 2 heterocycles. The SMILES string of the molecule is CC1(C)CCC(C)(C)c2cc(CBr)ccc21.CCOC(=O)CC(c1ccc(O)cc1)c1ncc(C)o1.Cc1cnc(C(CC(=O)O)c2ccc(OCc3ccc4c(c3)C(C)(C)CCC4(C)C)cc2)o1.O=CO[O-].[Cs+].[Cs+].[H-]. The molecule has 4 aromatic carbocycles. The summed E-state index contributed by atoms with van der Waals surface area (Å²) in [6.45, 7) is 24.8. The Morgan fingerprint density at radius 2 is 1.11 bits per heavy atom. The molecule has 2 atom stereocenters. The van der Waals surface area contributed by atoms with Gasteiger partial charge in [-0.25, -0.2) is 9.97 Å². The van der Waals surface area contributed by atoms with Crippen LogP contribution in [0.2, 0.25) is 0 Å². The van der Waals surface area contributed by atoms with E-state index in [4.69, 9.17) is 28.4 Å². The fourth-order valence-electron chi connectivity index (χ4n) is 9.44. The minimum atomic E-state index is -0.894. The largest absolute Gasteiger partial charge is 1.00 e. The fourth-order valence-corrected chi connectivity index (χ4v) is 9.79. The molecule has 0 bridgehead atoms. The molecule has 2 aromatic heterocycles. The van der Waals surface area contributed by atoms with Crippen molar-refractivity contribution in [1.82, 2.24) is 9.97 Å². The van der Waals surface area contributed by atoms with E-state index in [9.17, 15) is 19.8 Å². The van der Waals surface area contributed by atoms with Gasteiger partial charge in [-0.15, -0.1) is 0 Å². The second kappa shape index (κ2) is 30.4. The quantitative estimate of drug-likeness (QED) is 0.0382. The van der Waals surface area contributed by atoms with Crippen molar-refractivity contribution in [2.24, 2.45) is 0 Å². The van der Waals surface area contributed by atoms with Crippen molar-refractivity contribution in [3.05, 3.63) is 165 Å². The number of carbonyl (C=O) groups is 3. The smallest absolute Gasteiger partial charge is 1.00 e. The number of alkyl halides is 1. The van der Waals surface area contributed by atoms with Crippen molar-refractivity contribution < 1.29 is 192 Å². The first-order chi connectivity index (χ1) is 34.4. The molecule has 0 aliphatic heterocycles. The third-order valence-electron chi connectivity index (χ3n) is 13.9. The van der Waals surface area contributed by atoms with Crippen molar-refractivity contribution in [3.8, 4) is 11.5 Å². The van der Waals surface area contributed by atoms with Gasteiger partial charge >= 0.3 is 150 Å². The van der Waals surface area contributed by atoms with Crippen LogP contribution in [0.4, 0.5) is 0 Å². The van der Waals surface area contributed by atoms with Crippen LogP contribution in [0.25, 0.3) is 0 Å². The average molecular weight is 1330 g/mol. The van der Waals surface area contributed by atoms with Crippen molar-refractivity contribution >= 4 is 34.3 Å². The van der Waals surface area contributed by atoms with Crippen LogP contribution in [0.3, 0.4) is 0 Å². The Hall–Kier alpha value is -2.15. The van der Waals surface area contributed by atoms with Gasteiger partial charge in [-0.05, 0) is 137 Å². The fraction of sp³-hybridized carbons (Fsp3) is 0.441. The van der Waals surface area contributed by atoms with Crippen LogP contribution in [-0.2, 0) is 57.6 Å². The van der Waals surface area contributed by atoms with E-state index in [1.54, 1.807) is 68.6 Å². The third kappa shape index (κ3) is 19.3. The average Bonchev–Trinajstić information content (AvgIpc) is 4.00. The second-order valence-corrected chi connectivity index (χ2v) is 22.0. The van der Waals surface area contributed by atoms with Crippen molar-refractivity contribution in [1.29, 1.82) is 0 Å². The van der Waals surface area contributed by atoms with Gasteiger partial charge in [0.1, 0.15) is 29.6 Å². The summed E-state index contributed by atoms with van der Waals surface area (Å²) in [5.41, 5.74) is 11.3. The molecular formula is C59H73BrCs2N2O11. The van der Waals surface area contributed by atoms with Gasteiger partial charge in [0.25, 0.3) is 6.47 Å². The number of nitrogens with zero attached hydrogens (tertiary/aromatic N) is 2. The Morgan fingerprint density at radius 3 is 1.51 bits per heavy atom. The number of aliphatic carboxylic acids is 1. The molecule has 0 amide bonds. The monoisotopic (exact) mass is 1330 g/mol. The summed E-state index contributed by atoms with van der Waals surface area (Å²) in [5, 5.41) is 28.1. The Labute approximate surface area is 570 Å². The van der Waals surface area contributed by atoms with Gasteiger partial charge in [0.2, 0.25) is 11.8 Å². The summed E-state index contributed by atoms with van der Waals surface area (Å²) < 4.78 is 22.2. The Balaban J connectivity index is 0.000000395. The Morgan fingerprint density at radius 1 is 0.693 bits per heavy atom. The number of aromatic hydroxyl groups is 1. The van der Waals surface area contributed by atoms with Crippen LogP contribution in [0, 0.1) is 13.8 Å². The summed E-state index contributed by atoms with van der Waals surface area (Å²) in [5.74, 6) is 1.21. The van der Waals surface area contributed by atoms with Gasteiger partial charge in [-0.3, -0.25) is 14.4 Å². The number of hydrogen-bond acceptors (Lipinski definition) is 12. The number of aryl methyl sites for hydroxylation is 2. The maximum atomic E-state index is 11.7. The summed E-state index contributed by atoms with van der Waals surface area (Å²) >= 11 is 3.55. The predicted molar refractivity (Wildman–Crippen MR) is 283 cm³/mol. The number of oxazole rings is 2. The van der Waals surface area contributed by atoms with E-state index in [0.29, 0.717) is 47.3 Å². The third-order valence-corrected chi connectivity index (χ3v) is 14.6. The molecule has 6 aromatic rings. The molecule has 2 N–H and O–H groups in total. The van der Waals surface area contributed by atoms with E-state index >= 15 is 0 Å². The first kappa shape index (κ1) is 67.1. The standard InChI is InChI=1S/C28H33NO4.C15H21Br.C15H17NO4.CH2O3.2Cs.H/c1-18-16-29-26(33-18)22(15-25(30)31)20-7-9-21(10-8-20)32-17-19-6-11-23-24(14-19)28(4,5)13-12-27(23,2)3;1-14(2)7-8-15(3,4)13-9-11(10-16)5-6-12(13)14;1-3-19-14(18)8-13(15-16-9-10(2)20-15)11-4-6-12(17)7-5-11;2-1-4-3;;;/h6-11,14,16,22H,12-13,15,17H2,1-5H3,(H,30,31);5-6,9H,7-8,10H2,1-4H3;4-7,9,13,17H,3,8H2,1-2H3;1,3H;;;/q;;;;2*+1;-1/p-1. The number of carboxylic acids is 1. The molecule has 2 aliphatic carbocycles. The number of esters is 1. The maximum Gasteiger partial charge on any atom is 1.00 e. The maximum absolute atomic E-state index is 11.7. The van der Waals surface area contributed by atoms with Gasteiger partial charge in [0, 0.05) is 5.33 Å². The number of ether oxygens (including phenoxy) is 2. The van der Waals surface area contributed by atoms with E-state index in [2.05, 4.69) is 123 Å². The summed E-state index contributed by atoms with van der Waals surface area (Å²) in [4.78, 5) is 42.8. The van der Waals surface area contributed by atoms with E-state index < -0.39 is 11.9 Å². The molecule has 394 valence electrons. The minimum absolute atomic E-state index is 0. The number of aromatic nitrogens is 2. The van der Waals surface area contributed by atoms with Crippen LogP contribution >= 0.6 is 15.9 Å². The molecule has 8 rings (SSSR count). The van der Waals surface area contributed by atoms with Crippen LogP contribution < -0.4 is 148 Å². The normalized spacial score (nSPS) is 15.7. The van der Waals surface area contributed by atoms with Crippen molar-refractivity contribution in [2.45, 2.75) is 160 Å². The van der Waals surface area contributed by atoms with Crippen molar-refractivity contribution in [3.63, 3.8) is 0 Å². The second-order valence-electron chi connectivity index (χ2n) is 21.4. The number of fused-ring (bicyclic) bond motifs is 2. The zero-order chi connectivity index (χ0) is 53.7. The molecular weight excluding hydrogens is 1260 g/mol. The van der Waals surface area contributed by atoms with Gasteiger partial charge in [0.05, 0.1) is 43.7 Å². The summed E-state index contributed by atoms with van der Waals surface area (Å²) in [7, 11) is 0. The number of carboxylic acid groups (broad SMARTS) is 1. The number of hydrogen-bond donors (Lipinski definition) is 2. The molecule has 0 radical (unpaired) electrons. The molecule has 2 aliphatic rings. The molecule has 0 saturated heterocycles. The Bertz CT molecular complexity index is 2770. The molecule has 16 heteroatoms. The topological polar surface area (TPSA) is 194 Å². The van der Waals surface area contributed by atoms with E-state index in [-0.39, 0.29) is 187 Å². The molecule has 75 heavy (non-hydrogen) atoms. The number of benzene rings is 4. The number of phenols is 1. The van der Waals surface area contributed by atoms with Gasteiger partial charge in [-0.1, -0.05) is 132 Å². The summed E-state index contributed by atoms with van der Waals surface area (Å²) in [6.07, 6.45) is 8.27.